The van der Waals surface area contributed by atoms with E-state index in [4.69, 9.17) is 0 Å². The summed E-state index contributed by atoms with van der Waals surface area (Å²) in [6, 6.07) is 10.3. The van der Waals surface area contributed by atoms with Gasteiger partial charge < -0.3 is 15.5 Å². The van der Waals surface area contributed by atoms with Crippen LogP contribution in [0.3, 0.4) is 0 Å². The van der Waals surface area contributed by atoms with Crippen molar-refractivity contribution in [2.45, 2.75) is 13.1 Å². The van der Waals surface area contributed by atoms with Crippen LogP contribution in [-0.4, -0.2) is 24.8 Å². The second-order valence-corrected chi connectivity index (χ2v) is 4.46. The molecule has 2 heterocycles. The Balaban J connectivity index is 1.68. The van der Waals surface area contributed by atoms with Crippen molar-refractivity contribution in [3.8, 4) is 11.5 Å². The second-order valence-electron chi connectivity index (χ2n) is 4.46. The van der Waals surface area contributed by atoms with Gasteiger partial charge in [0.2, 0.25) is 0 Å². The number of rotatable bonds is 4. The van der Waals surface area contributed by atoms with Crippen LogP contribution in [0.5, 0.6) is 11.5 Å². The summed E-state index contributed by atoms with van der Waals surface area (Å²) in [4.78, 5) is 0. The van der Waals surface area contributed by atoms with Gasteiger partial charge in [-0.05, 0) is 18.2 Å². The van der Waals surface area contributed by atoms with E-state index in [0.29, 0.717) is 13.1 Å². The highest BCUT2D eigenvalue weighted by molar-refractivity contribution is 5.39. The molecule has 0 aliphatic heterocycles. The number of pyridine rings is 1. The molecule has 0 saturated heterocycles. The molecular weight excluding hydrogens is 256 g/mol. The summed E-state index contributed by atoms with van der Waals surface area (Å²) in [7, 11) is 0. The molecule has 3 rings (SSSR count). The zero-order valence-corrected chi connectivity index (χ0v) is 10.7. The van der Waals surface area contributed by atoms with Crippen molar-refractivity contribution in [3.05, 3.63) is 54.0 Å². The summed E-state index contributed by atoms with van der Waals surface area (Å²) in [6.07, 6.45) is 1.91. The number of fused-ring (bicyclic) bond motifs is 1. The molecule has 0 amide bonds. The number of nitrogens with one attached hydrogen (secondary N) is 1. The van der Waals surface area contributed by atoms with Gasteiger partial charge in [0, 0.05) is 24.4 Å². The number of nitrogens with zero attached hydrogens (tertiary/aromatic N) is 3. The average Bonchev–Trinajstić information content (AvgIpc) is 2.85. The van der Waals surface area contributed by atoms with Gasteiger partial charge in [0.1, 0.15) is 11.5 Å². The molecule has 2 aromatic heterocycles. The Morgan fingerprint density at radius 3 is 2.80 bits per heavy atom. The van der Waals surface area contributed by atoms with E-state index < -0.39 is 0 Å². The normalized spacial score (nSPS) is 11.0. The van der Waals surface area contributed by atoms with E-state index in [1.54, 1.807) is 12.1 Å². The molecular formula is C14H14N4O2. The molecule has 102 valence electrons. The third-order valence-corrected chi connectivity index (χ3v) is 3.05. The number of hydrogen-bond acceptors (Lipinski definition) is 5. The molecule has 0 saturated carbocycles. The van der Waals surface area contributed by atoms with Crippen LogP contribution in [0.2, 0.25) is 0 Å². The van der Waals surface area contributed by atoms with Gasteiger partial charge in [-0.2, -0.15) is 0 Å². The minimum atomic E-state index is 0.0506. The standard InChI is InChI=1S/C14H14N4O2/c19-11-5-4-10(12(20)7-11)8-15-9-14-17-16-13-3-1-2-6-18(13)14/h1-7,15,19-20H,8-9H2. The van der Waals surface area contributed by atoms with Gasteiger partial charge in [0.25, 0.3) is 0 Å². The molecule has 0 spiro atoms. The Labute approximate surface area is 115 Å². The number of hydrogen-bond donors (Lipinski definition) is 3. The predicted molar refractivity (Wildman–Crippen MR) is 73.3 cm³/mol. The lowest BCUT2D eigenvalue weighted by Gasteiger charge is -2.06. The van der Waals surface area contributed by atoms with Gasteiger partial charge in [-0.25, -0.2) is 0 Å². The first kappa shape index (κ1) is 12.4. The summed E-state index contributed by atoms with van der Waals surface area (Å²) in [5.74, 6) is 0.928. The second kappa shape index (κ2) is 5.18. The molecule has 0 fully saturated rings. The van der Waals surface area contributed by atoms with Crippen molar-refractivity contribution in [2.24, 2.45) is 0 Å². The van der Waals surface area contributed by atoms with Crippen LogP contribution in [0.4, 0.5) is 0 Å². The van der Waals surface area contributed by atoms with Crippen molar-refractivity contribution in [3.63, 3.8) is 0 Å². The predicted octanol–water partition coefficient (Wildman–Crippen LogP) is 1.43. The van der Waals surface area contributed by atoms with Crippen molar-refractivity contribution >= 4 is 5.65 Å². The van der Waals surface area contributed by atoms with Crippen LogP contribution >= 0.6 is 0 Å². The maximum Gasteiger partial charge on any atom is 0.160 e. The fraction of sp³-hybridized carbons (Fsp3) is 0.143. The highest BCUT2D eigenvalue weighted by Gasteiger charge is 2.05. The average molecular weight is 270 g/mol. The Morgan fingerprint density at radius 2 is 1.95 bits per heavy atom. The van der Waals surface area contributed by atoms with Crippen LogP contribution in [-0.2, 0) is 13.1 Å². The zero-order valence-electron chi connectivity index (χ0n) is 10.7. The van der Waals surface area contributed by atoms with Gasteiger partial charge >= 0.3 is 0 Å². The maximum absolute atomic E-state index is 9.69. The Bertz CT molecular complexity index is 739. The fourth-order valence-corrected chi connectivity index (χ4v) is 2.02. The first-order chi connectivity index (χ1) is 9.74. The van der Waals surface area contributed by atoms with Gasteiger partial charge in [-0.15, -0.1) is 10.2 Å². The molecule has 0 unspecified atom stereocenters. The first-order valence-electron chi connectivity index (χ1n) is 6.24. The quantitative estimate of drug-likeness (QED) is 0.668. The molecule has 0 aliphatic rings. The van der Waals surface area contributed by atoms with Crippen LogP contribution in [0.1, 0.15) is 11.4 Å². The number of phenols is 2. The Morgan fingerprint density at radius 1 is 1.05 bits per heavy atom. The molecule has 0 radical (unpaired) electrons. The molecule has 3 aromatic rings. The third kappa shape index (κ3) is 2.41. The molecule has 0 bridgehead atoms. The van der Waals surface area contributed by atoms with Crippen molar-refractivity contribution in [1.29, 1.82) is 0 Å². The van der Waals surface area contributed by atoms with Gasteiger partial charge in [0.15, 0.2) is 11.5 Å². The van der Waals surface area contributed by atoms with E-state index >= 15 is 0 Å². The topological polar surface area (TPSA) is 82.7 Å². The summed E-state index contributed by atoms with van der Waals surface area (Å²) >= 11 is 0. The highest BCUT2D eigenvalue weighted by Crippen LogP contribution is 2.22. The first-order valence-corrected chi connectivity index (χ1v) is 6.24. The number of phenolic OH excluding ortho intramolecular Hbond substituents is 2. The molecule has 20 heavy (non-hydrogen) atoms. The molecule has 6 nitrogen and oxygen atoms in total. The van der Waals surface area contributed by atoms with Crippen LogP contribution in [0, 0.1) is 0 Å². The third-order valence-electron chi connectivity index (χ3n) is 3.05. The van der Waals surface area contributed by atoms with Gasteiger partial charge in [-0.1, -0.05) is 12.1 Å². The minimum Gasteiger partial charge on any atom is -0.508 e. The smallest absolute Gasteiger partial charge is 0.160 e. The number of benzene rings is 1. The number of aromatic hydroxyl groups is 2. The number of aromatic nitrogens is 3. The summed E-state index contributed by atoms with van der Waals surface area (Å²) < 4.78 is 1.91. The maximum atomic E-state index is 9.69. The van der Waals surface area contributed by atoms with Crippen LogP contribution in [0.25, 0.3) is 5.65 Å². The van der Waals surface area contributed by atoms with E-state index in [1.165, 1.54) is 6.07 Å². The Hall–Kier alpha value is -2.60. The van der Waals surface area contributed by atoms with Gasteiger partial charge in [0.05, 0.1) is 6.54 Å². The van der Waals surface area contributed by atoms with Crippen molar-refractivity contribution < 1.29 is 10.2 Å². The van der Waals surface area contributed by atoms with Gasteiger partial charge in [-0.3, -0.25) is 4.40 Å². The summed E-state index contributed by atoms with van der Waals surface area (Å²) in [6.45, 7) is 1.01. The van der Waals surface area contributed by atoms with Crippen molar-refractivity contribution in [2.75, 3.05) is 0 Å². The summed E-state index contributed by atoms with van der Waals surface area (Å²) in [5, 5.41) is 30.3. The lowest BCUT2D eigenvalue weighted by atomic mass is 10.2. The molecule has 1 aromatic carbocycles. The van der Waals surface area contributed by atoms with E-state index in [1.807, 2.05) is 28.8 Å². The molecule has 6 heteroatoms. The van der Waals surface area contributed by atoms with E-state index in [9.17, 15) is 10.2 Å². The van der Waals surface area contributed by atoms with E-state index in [0.717, 1.165) is 17.0 Å². The molecule has 3 N–H and O–H groups in total. The SMILES string of the molecule is Oc1ccc(CNCc2nnc3ccccn23)c(O)c1. The molecule has 0 atom stereocenters. The lowest BCUT2D eigenvalue weighted by Crippen LogP contribution is -2.15. The summed E-state index contributed by atoms with van der Waals surface area (Å²) in [5.41, 5.74) is 1.52. The fourth-order valence-electron chi connectivity index (χ4n) is 2.02. The monoisotopic (exact) mass is 270 g/mol. The molecule has 0 aliphatic carbocycles. The van der Waals surface area contributed by atoms with Crippen LogP contribution < -0.4 is 5.32 Å². The minimum absolute atomic E-state index is 0.0506. The van der Waals surface area contributed by atoms with Crippen LogP contribution in [0.15, 0.2) is 42.6 Å². The zero-order chi connectivity index (χ0) is 13.9. The Kier molecular flexibility index (Phi) is 3.22. The highest BCUT2D eigenvalue weighted by atomic mass is 16.3. The van der Waals surface area contributed by atoms with E-state index in [2.05, 4.69) is 15.5 Å². The lowest BCUT2D eigenvalue weighted by molar-refractivity contribution is 0.443. The van der Waals surface area contributed by atoms with Crippen molar-refractivity contribution in [1.82, 2.24) is 19.9 Å². The van der Waals surface area contributed by atoms with E-state index in [-0.39, 0.29) is 11.5 Å². The largest absolute Gasteiger partial charge is 0.508 e.